The molecule has 0 amide bonds. The Morgan fingerprint density at radius 2 is 2.12 bits per heavy atom. The van der Waals surface area contributed by atoms with Gasteiger partial charge in [-0.2, -0.15) is 0 Å². The zero-order chi connectivity index (χ0) is 12.6. The number of aromatic nitrogens is 1. The lowest BCUT2D eigenvalue weighted by molar-refractivity contribution is 0.0655. The molecule has 1 aromatic rings. The highest BCUT2D eigenvalue weighted by atomic mass is 16.4. The van der Waals surface area contributed by atoms with Gasteiger partial charge in [-0.05, 0) is 18.8 Å². The quantitative estimate of drug-likeness (QED) is 0.877. The molecule has 1 fully saturated rings. The summed E-state index contributed by atoms with van der Waals surface area (Å²) < 4.78 is 5.40. The van der Waals surface area contributed by atoms with Crippen LogP contribution in [0.3, 0.4) is 0 Å². The number of nitrogens with zero attached hydrogens (tertiary/aromatic N) is 1. The van der Waals surface area contributed by atoms with Gasteiger partial charge in [-0.1, -0.05) is 27.2 Å². The minimum atomic E-state index is -1.03. The molecule has 17 heavy (non-hydrogen) atoms. The van der Waals surface area contributed by atoms with Crippen LogP contribution in [0.1, 0.15) is 62.2 Å². The van der Waals surface area contributed by atoms with Crippen LogP contribution in [0, 0.1) is 5.92 Å². The van der Waals surface area contributed by atoms with Gasteiger partial charge in [-0.25, -0.2) is 9.78 Å². The summed E-state index contributed by atoms with van der Waals surface area (Å²) in [5.74, 6) is 0.189. The van der Waals surface area contributed by atoms with Crippen molar-refractivity contribution < 1.29 is 14.3 Å². The van der Waals surface area contributed by atoms with Gasteiger partial charge in [0.15, 0.2) is 5.89 Å². The summed E-state index contributed by atoms with van der Waals surface area (Å²) in [7, 11) is 0. The van der Waals surface area contributed by atoms with Gasteiger partial charge < -0.3 is 9.52 Å². The standard InChI is InChI=1S/C13H19NO3/c1-13(2,3)11-10(12(15)16)17-9(14-11)7-8-5-4-6-8/h8H,4-7H2,1-3H3,(H,15,16). The molecule has 4 nitrogen and oxygen atoms in total. The van der Waals surface area contributed by atoms with Crippen LogP contribution in [0.15, 0.2) is 4.42 Å². The third-order valence-corrected chi connectivity index (χ3v) is 3.26. The second-order valence-corrected chi connectivity index (χ2v) is 5.84. The smallest absolute Gasteiger partial charge is 0.373 e. The van der Waals surface area contributed by atoms with Crippen LogP contribution in [0.4, 0.5) is 0 Å². The van der Waals surface area contributed by atoms with Crippen molar-refractivity contribution in [2.75, 3.05) is 0 Å². The van der Waals surface area contributed by atoms with Gasteiger partial charge in [0.05, 0.1) is 5.69 Å². The molecule has 0 aromatic carbocycles. The van der Waals surface area contributed by atoms with Crippen molar-refractivity contribution in [2.24, 2.45) is 5.92 Å². The first-order valence-electron chi connectivity index (χ1n) is 6.11. The van der Waals surface area contributed by atoms with Gasteiger partial charge in [-0.15, -0.1) is 0 Å². The minimum Gasteiger partial charge on any atom is -0.475 e. The molecule has 0 unspecified atom stereocenters. The van der Waals surface area contributed by atoms with E-state index < -0.39 is 5.97 Å². The fourth-order valence-electron chi connectivity index (χ4n) is 2.05. The molecule has 4 heteroatoms. The zero-order valence-corrected chi connectivity index (χ0v) is 10.6. The van der Waals surface area contributed by atoms with Gasteiger partial charge in [0.2, 0.25) is 5.76 Å². The normalized spacial score (nSPS) is 16.9. The summed E-state index contributed by atoms with van der Waals surface area (Å²) in [6.45, 7) is 5.85. The number of carboxylic acids is 1. The van der Waals surface area contributed by atoms with E-state index in [0.29, 0.717) is 17.5 Å². The maximum atomic E-state index is 11.1. The van der Waals surface area contributed by atoms with E-state index in [1.54, 1.807) is 0 Å². The molecule has 1 aliphatic rings. The molecule has 0 bridgehead atoms. The first kappa shape index (κ1) is 12.1. The SMILES string of the molecule is CC(C)(C)c1nc(CC2CCC2)oc1C(=O)O. The van der Waals surface area contributed by atoms with Crippen molar-refractivity contribution in [1.29, 1.82) is 0 Å². The highest BCUT2D eigenvalue weighted by molar-refractivity contribution is 5.86. The Hall–Kier alpha value is -1.32. The van der Waals surface area contributed by atoms with E-state index in [9.17, 15) is 4.79 Å². The van der Waals surface area contributed by atoms with E-state index in [4.69, 9.17) is 9.52 Å². The highest BCUT2D eigenvalue weighted by Crippen LogP contribution is 2.32. The Balaban J connectivity index is 2.26. The van der Waals surface area contributed by atoms with Crippen molar-refractivity contribution in [2.45, 2.75) is 51.9 Å². The number of hydrogen-bond acceptors (Lipinski definition) is 3. The van der Waals surface area contributed by atoms with Crippen LogP contribution >= 0.6 is 0 Å². The molecule has 1 N–H and O–H groups in total. The van der Waals surface area contributed by atoms with E-state index in [1.807, 2.05) is 20.8 Å². The maximum Gasteiger partial charge on any atom is 0.373 e. The lowest BCUT2D eigenvalue weighted by atomic mass is 9.83. The molecule has 0 spiro atoms. The second-order valence-electron chi connectivity index (χ2n) is 5.84. The van der Waals surface area contributed by atoms with E-state index in [-0.39, 0.29) is 11.2 Å². The first-order valence-corrected chi connectivity index (χ1v) is 6.11. The number of carboxylic acid groups (broad SMARTS) is 1. The topological polar surface area (TPSA) is 63.3 Å². The van der Waals surface area contributed by atoms with Crippen molar-refractivity contribution >= 4 is 5.97 Å². The fourth-order valence-corrected chi connectivity index (χ4v) is 2.05. The number of rotatable bonds is 3. The molecule has 1 heterocycles. The average Bonchev–Trinajstić information content (AvgIpc) is 2.54. The molecule has 2 rings (SSSR count). The predicted octanol–water partition coefficient (Wildman–Crippen LogP) is 3.01. The van der Waals surface area contributed by atoms with Crippen LogP contribution in [0.25, 0.3) is 0 Å². The molecule has 1 saturated carbocycles. The third-order valence-electron chi connectivity index (χ3n) is 3.26. The summed E-state index contributed by atoms with van der Waals surface area (Å²) in [5.41, 5.74) is 0.258. The van der Waals surface area contributed by atoms with E-state index in [0.717, 1.165) is 6.42 Å². The monoisotopic (exact) mass is 237 g/mol. The Kier molecular flexibility index (Phi) is 2.98. The van der Waals surface area contributed by atoms with Crippen molar-refractivity contribution in [1.82, 2.24) is 4.98 Å². The Labute approximate surface area is 101 Å². The van der Waals surface area contributed by atoms with Gasteiger partial charge in [0, 0.05) is 11.8 Å². The summed E-state index contributed by atoms with van der Waals surface area (Å²) >= 11 is 0. The van der Waals surface area contributed by atoms with Gasteiger partial charge in [-0.3, -0.25) is 0 Å². The molecular formula is C13H19NO3. The van der Waals surface area contributed by atoms with E-state index in [2.05, 4.69) is 4.98 Å². The summed E-state index contributed by atoms with van der Waals surface area (Å²) in [6, 6.07) is 0. The van der Waals surface area contributed by atoms with Crippen molar-refractivity contribution in [3.8, 4) is 0 Å². The van der Waals surface area contributed by atoms with Crippen LogP contribution in [0.5, 0.6) is 0 Å². The Morgan fingerprint density at radius 1 is 1.47 bits per heavy atom. The third kappa shape index (κ3) is 2.51. The highest BCUT2D eigenvalue weighted by Gasteiger charge is 2.30. The first-order chi connectivity index (χ1) is 7.88. The zero-order valence-electron chi connectivity index (χ0n) is 10.6. The van der Waals surface area contributed by atoms with Crippen molar-refractivity contribution in [3.63, 3.8) is 0 Å². The van der Waals surface area contributed by atoms with Crippen LogP contribution < -0.4 is 0 Å². The van der Waals surface area contributed by atoms with Crippen molar-refractivity contribution in [3.05, 3.63) is 17.3 Å². The Bertz CT molecular complexity index is 424. The van der Waals surface area contributed by atoms with Gasteiger partial charge >= 0.3 is 5.97 Å². The summed E-state index contributed by atoms with van der Waals surface area (Å²) in [4.78, 5) is 15.5. The minimum absolute atomic E-state index is 0.00632. The van der Waals surface area contributed by atoms with E-state index in [1.165, 1.54) is 19.3 Å². The largest absolute Gasteiger partial charge is 0.475 e. The molecule has 0 aliphatic heterocycles. The summed E-state index contributed by atoms with van der Waals surface area (Å²) in [6.07, 6.45) is 4.45. The summed E-state index contributed by atoms with van der Waals surface area (Å²) in [5, 5.41) is 9.11. The van der Waals surface area contributed by atoms with Crippen LogP contribution in [-0.2, 0) is 11.8 Å². The molecule has 0 atom stereocenters. The predicted molar refractivity (Wildman–Crippen MR) is 63.2 cm³/mol. The number of oxazole rings is 1. The van der Waals surface area contributed by atoms with E-state index >= 15 is 0 Å². The fraction of sp³-hybridized carbons (Fsp3) is 0.692. The average molecular weight is 237 g/mol. The lowest BCUT2D eigenvalue weighted by Crippen LogP contribution is -2.17. The Morgan fingerprint density at radius 3 is 2.47 bits per heavy atom. The molecule has 0 radical (unpaired) electrons. The van der Waals surface area contributed by atoms with Gasteiger partial charge in [0.25, 0.3) is 0 Å². The molecule has 1 aliphatic carbocycles. The lowest BCUT2D eigenvalue weighted by Gasteiger charge is -2.23. The number of hydrogen-bond donors (Lipinski definition) is 1. The molecule has 0 saturated heterocycles. The number of carbonyl (C=O) groups is 1. The number of aromatic carboxylic acids is 1. The maximum absolute atomic E-state index is 11.1. The molecule has 1 aromatic heterocycles. The van der Waals surface area contributed by atoms with Crippen LogP contribution in [0.2, 0.25) is 0 Å². The molecular weight excluding hydrogens is 218 g/mol. The molecule has 94 valence electrons. The van der Waals surface area contributed by atoms with Gasteiger partial charge in [0.1, 0.15) is 0 Å². The second kappa shape index (κ2) is 4.17. The van der Waals surface area contributed by atoms with Crippen LogP contribution in [-0.4, -0.2) is 16.1 Å².